The summed E-state index contributed by atoms with van der Waals surface area (Å²) in [5, 5.41) is 12.1. The van der Waals surface area contributed by atoms with Crippen molar-refractivity contribution in [3.8, 4) is 0 Å². The van der Waals surface area contributed by atoms with Gasteiger partial charge in [0.1, 0.15) is 0 Å². The van der Waals surface area contributed by atoms with Gasteiger partial charge in [-0.3, -0.25) is 4.79 Å². The molecule has 3 heterocycles. The number of anilines is 1. The van der Waals surface area contributed by atoms with Gasteiger partial charge in [-0.1, -0.05) is 12.1 Å². The maximum absolute atomic E-state index is 12.8. The smallest absolute Gasteiger partial charge is 0.337 e. The van der Waals surface area contributed by atoms with E-state index >= 15 is 0 Å². The van der Waals surface area contributed by atoms with Crippen LogP contribution in [0.15, 0.2) is 41.2 Å². The Balaban J connectivity index is 1.56. The van der Waals surface area contributed by atoms with Gasteiger partial charge in [0.05, 0.1) is 11.3 Å². The molecule has 1 aromatic carbocycles. The maximum Gasteiger partial charge on any atom is 0.337 e. The molecule has 2 aliphatic rings. The minimum atomic E-state index is -1.07. The van der Waals surface area contributed by atoms with Crippen LogP contribution in [0, 0.1) is 12.8 Å². The Morgan fingerprint density at radius 1 is 1.15 bits per heavy atom. The Kier molecular flexibility index (Phi) is 4.22. The van der Waals surface area contributed by atoms with E-state index in [-0.39, 0.29) is 29.0 Å². The van der Waals surface area contributed by atoms with Gasteiger partial charge in [-0.05, 0) is 43.0 Å². The molecule has 1 fully saturated rings. The first-order valence-corrected chi connectivity index (χ1v) is 9.02. The fraction of sp³-hybridized carbons (Fsp3) is 0.350. The van der Waals surface area contributed by atoms with Crippen molar-refractivity contribution in [1.82, 2.24) is 9.47 Å². The number of likely N-dealkylation sites (tertiary alicyclic amines) is 1. The third-order valence-corrected chi connectivity index (χ3v) is 5.41. The second-order valence-electron chi connectivity index (χ2n) is 7.39. The van der Waals surface area contributed by atoms with Crippen LogP contribution in [0.4, 0.5) is 10.5 Å². The third-order valence-electron chi connectivity index (χ3n) is 5.41. The van der Waals surface area contributed by atoms with Gasteiger partial charge in [-0.2, -0.15) is 0 Å². The standard InChI is InChI=1S/C20H21N3O4/c1-12-5-6-15(19(25)26)16(7-12)21-20(27)22-9-13-8-14(11-22)17-3-2-4-18(24)23(17)10-13/h2-7,13-14H,8-11H2,1H3,(H,21,27)(H,25,26)/t13-,14-/m1/s1. The lowest BCUT2D eigenvalue weighted by Gasteiger charge is -2.42. The molecule has 2 aromatic rings. The molecule has 2 amide bonds. The molecule has 0 spiro atoms. The molecule has 2 atom stereocenters. The van der Waals surface area contributed by atoms with Crippen LogP contribution in [-0.4, -0.2) is 39.7 Å². The van der Waals surface area contributed by atoms with Crippen LogP contribution in [0.2, 0.25) is 0 Å². The molecule has 4 rings (SSSR count). The number of aryl methyl sites for hydroxylation is 1. The number of pyridine rings is 1. The number of aromatic carboxylic acids is 1. The number of urea groups is 1. The van der Waals surface area contributed by atoms with Crippen molar-refractivity contribution in [2.24, 2.45) is 5.92 Å². The number of amides is 2. The lowest BCUT2D eigenvalue weighted by atomic mass is 9.83. The normalized spacial score (nSPS) is 20.7. The number of carbonyl (C=O) groups is 2. The molecule has 140 valence electrons. The summed E-state index contributed by atoms with van der Waals surface area (Å²) in [5.74, 6) is -0.735. The summed E-state index contributed by atoms with van der Waals surface area (Å²) < 4.78 is 1.82. The maximum atomic E-state index is 12.8. The second kappa shape index (κ2) is 6.57. The zero-order valence-electron chi connectivity index (χ0n) is 15.0. The van der Waals surface area contributed by atoms with Crippen molar-refractivity contribution in [3.63, 3.8) is 0 Å². The lowest BCUT2D eigenvalue weighted by Crippen LogP contribution is -2.50. The number of rotatable bonds is 2. The van der Waals surface area contributed by atoms with Gasteiger partial charge >= 0.3 is 12.0 Å². The van der Waals surface area contributed by atoms with E-state index in [0.29, 0.717) is 25.3 Å². The number of nitrogens with zero attached hydrogens (tertiary/aromatic N) is 2. The van der Waals surface area contributed by atoms with Gasteiger partial charge in [-0.25, -0.2) is 9.59 Å². The monoisotopic (exact) mass is 367 g/mol. The van der Waals surface area contributed by atoms with Gasteiger partial charge in [0, 0.05) is 37.3 Å². The fourth-order valence-electron chi connectivity index (χ4n) is 4.20. The second-order valence-corrected chi connectivity index (χ2v) is 7.39. The number of hydrogen-bond acceptors (Lipinski definition) is 3. The van der Waals surface area contributed by atoms with Gasteiger partial charge < -0.3 is 19.9 Å². The van der Waals surface area contributed by atoms with E-state index in [0.717, 1.165) is 17.7 Å². The molecule has 7 heteroatoms. The highest BCUT2D eigenvalue weighted by atomic mass is 16.4. The van der Waals surface area contributed by atoms with Gasteiger partial charge in [-0.15, -0.1) is 0 Å². The zero-order chi connectivity index (χ0) is 19.1. The minimum Gasteiger partial charge on any atom is -0.478 e. The molecule has 0 unspecified atom stereocenters. The Morgan fingerprint density at radius 3 is 2.74 bits per heavy atom. The van der Waals surface area contributed by atoms with Gasteiger partial charge in [0.25, 0.3) is 5.56 Å². The van der Waals surface area contributed by atoms with Crippen LogP contribution in [0.5, 0.6) is 0 Å². The third kappa shape index (κ3) is 3.20. The number of benzene rings is 1. The van der Waals surface area contributed by atoms with E-state index in [4.69, 9.17) is 0 Å². The van der Waals surface area contributed by atoms with Crippen molar-refractivity contribution in [2.45, 2.75) is 25.8 Å². The first-order valence-electron chi connectivity index (χ1n) is 9.02. The summed E-state index contributed by atoms with van der Waals surface area (Å²) in [6.45, 7) is 3.53. The summed E-state index contributed by atoms with van der Waals surface area (Å²) in [7, 11) is 0. The predicted octanol–water partition coefficient (Wildman–Crippen LogP) is 2.51. The Hall–Kier alpha value is -3.09. The lowest BCUT2D eigenvalue weighted by molar-refractivity contribution is 0.0698. The van der Waals surface area contributed by atoms with Gasteiger partial charge in [0.2, 0.25) is 0 Å². The minimum absolute atomic E-state index is 0.00552. The van der Waals surface area contributed by atoms with E-state index < -0.39 is 5.97 Å². The van der Waals surface area contributed by atoms with E-state index in [1.54, 1.807) is 29.2 Å². The molecule has 2 N–H and O–H groups in total. The van der Waals surface area contributed by atoms with Crippen molar-refractivity contribution in [1.29, 1.82) is 0 Å². The van der Waals surface area contributed by atoms with E-state index in [1.807, 2.05) is 17.6 Å². The van der Waals surface area contributed by atoms with Crippen LogP contribution < -0.4 is 10.9 Å². The topological polar surface area (TPSA) is 91.6 Å². The molecule has 0 aliphatic carbocycles. The molecular weight excluding hydrogens is 346 g/mol. The highest BCUT2D eigenvalue weighted by molar-refractivity contribution is 6.00. The Bertz CT molecular complexity index is 981. The summed E-state index contributed by atoms with van der Waals surface area (Å²) in [5.41, 5.74) is 2.23. The number of carboxylic acid groups (broad SMARTS) is 1. The molecule has 0 saturated carbocycles. The number of aromatic nitrogens is 1. The van der Waals surface area contributed by atoms with Gasteiger partial charge in [0.15, 0.2) is 0 Å². The molecule has 27 heavy (non-hydrogen) atoms. The average Bonchev–Trinajstić information content (AvgIpc) is 2.62. The number of hydrogen-bond donors (Lipinski definition) is 2. The summed E-state index contributed by atoms with van der Waals surface area (Å²) in [6.07, 6.45) is 0.956. The summed E-state index contributed by atoms with van der Waals surface area (Å²) in [6, 6.07) is 9.86. The number of piperidine rings is 1. The number of fused-ring (bicyclic) bond motifs is 4. The summed E-state index contributed by atoms with van der Waals surface area (Å²) >= 11 is 0. The van der Waals surface area contributed by atoms with Crippen molar-refractivity contribution < 1.29 is 14.7 Å². The van der Waals surface area contributed by atoms with E-state index in [2.05, 4.69) is 5.32 Å². The van der Waals surface area contributed by atoms with Crippen molar-refractivity contribution in [2.75, 3.05) is 18.4 Å². The summed E-state index contributed by atoms with van der Waals surface area (Å²) in [4.78, 5) is 38.1. The Labute approximate surface area is 156 Å². The van der Waals surface area contributed by atoms with Crippen LogP contribution in [0.25, 0.3) is 0 Å². The molecule has 1 aromatic heterocycles. The van der Waals surface area contributed by atoms with Crippen LogP contribution in [0.3, 0.4) is 0 Å². The van der Waals surface area contributed by atoms with Crippen LogP contribution in [0.1, 0.15) is 34.0 Å². The first-order chi connectivity index (χ1) is 12.9. The quantitative estimate of drug-likeness (QED) is 0.853. The molecule has 2 bridgehead atoms. The SMILES string of the molecule is Cc1ccc(C(=O)O)c(NC(=O)N2C[C@H]3C[C@H](C2)c2cccc(=O)n2C3)c1. The van der Waals surface area contributed by atoms with E-state index in [9.17, 15) is 19.5 Å². The molecular formula is C20H21N3O4. The van der Waals surface area contributed by atoms with Crippen LogP contribution >= 0.6 is 0 Å². The molecule has 7 nitrogen and oxygen atoms in total. The first kappa shape index (κ1) is 17.3. The number of nitrogens with one attached hydrogen (secondary N) is 1. The predicted molar refractivity (Wildman–Crippen MR) is 100 cm³/mol. The Morgan fingerprint density at radius 2 is 1.96 bits per heavy atom. The number of carbonyl (C=O) groups excluding carboxylic acids is 1. The zero-order valence-corrected chi connectivity index (χ0v) is 15.0. The molecule has 0 radical (unpaired) electrons. The average molecular weight is 367 g/mol. The van der Waals surface area contributed by atoms with Crippen molar-refractivity contribution >= 4 is 17.7 Å². The number of carboxylic acids is 1. The highest BCUT2D eigenvalue weighted by Gasteiger charge is 2.36. The van der Waals surface area contributed by atoms with Crippen LogP contribution in [-0.2, 0) is 6.54 Å². The molecule has 1 saturated heterocycles. The highest BCUT2D eigenvalue weighted by Crippen LogP contribution is 2.35. The van der Waals surface area contributed by atoms with E-state index in [1.165, 1.54) is 6.07 Å². The largest absolute Gasteiger partial charge is 0.478 e. The molecule has 2 aliphatic heterocycles. The van der Waals surface area contributed by atoms with Crippen molar-refractivity contribution in [3.05, 3.63) is 63.6 Å². The fourth-order valence-corrected chi connectivity index (χ4v) is 4.20.